The van der Waals surface area contributed by atoms with Crippen LogP contribution in [0.5, 0.6) is 0 Å². The molecule has 1 saturated heterocycles. The normalized spacial score (nSPS) is 13.3. The Balaban J connectivity index is 1.48. The van der Waals surface area contributed by atoms with Gasteiger partial charge in [-0.15, -0.1) is 11.3 Å². The van der Waals surface area contributed by atoms with Crippen molar-refractivity contribution in [1.29, 1.82) is 5.26 Å². The van der Waals surface area contributed by atoms with E-state index in [2.05, 4.69) is 10.3 Å². The first kappa shape index (κ1) is 18.5. The zero-order valence-corrected chi connectivity index (χ0v) is 15.1. The Morgan fingerprint density at radius 3 is 2.93 bits per heavy atom. The number of para-hydroxylation sites is 1. The van der Waals surface area contributed by atoms with Crippen molar-refractivity contribution >= 4 is 39.9 Å². The maximum atomic E-state index is 11.9. The van der Waals surface area contributed by atoms with Crippen LogP contribution < -0.4 is 10.2 Å². The molecule has 1 fully saturated rings. The predicted molar refractivity (Wildman–Crippen MR) is 98.2 cm³/mol. The highest BCUT2D eigenvalue weighted by Crippen LogP contribution is 2.25. The largest absolute Gasteiger partial charge is 0.455 e. The highest BCUT2D eigenvalue weighted by Gasteiger charge is 2.24. The number of nitriles is 1. The van der Waals surface area contributed by atoms with Crippen LogP contribution in [0.4, 0.5) is 10.8 Å². The number of ether oxygens (including phenoxy) is 1. The summed E-state index contributed by atoms with van der Waals surface area (Å²) in [4.78, 5) is 41.4. The molecule has 138 valence electrons. The number of esters is 1. The highest BCUT2D eigenvalue weighted by atomic mass is 32.1. The Kier molecular flexibility index (Phi) is 5.78. The molecule has 3 rings (SSSR count). The summed E-state index contributed by atoms with van der Waals surface area (Å²) in [6, 6.07) is 8.51. The Labute approximate surface area is 159 Å². The second-order valence-electron chi connectivity index (χ2n) is 5.81. The van der Waals surface area contributed by atoms with Crippen molar-refractivity contribution in [1.82, 2.24) is 4.98 Å². The number of rotatable bonds is 6. The molecule has 1 aliphatic heterocycles. The topological polar surface area (TPSA) is 112 Å². The third-order valence-electron chi connectivity index (χ3n) is 3.86. The molecule has 1 aromatic carbocycles. The van der Waals surface area contributed by atoms with Gasteiger partial charge in [0.1, 0.15) is 6.07 Å². The van der Waals surface area contributed by atoms with E-state index >= 15 is 0 Å². The lowest BCUT2D eigenvalue weighted by Gasteiger charge is -2.10. The van der Waals surface area contributed by atoms with Crippen LogP contribution in [0.25, 0.3) is 0 Å². The van der Waals surface area contributed by atoms with Crippen LogP contribution in [-0.4, -0.2) is 35.9 Å². The monoisotopic (exact) mass is 384 g/mol. The number of amides is 2. The number of aromatic nitrogens is 1. The van der Waals surface area contributed by atoms with E-state index in [0.29, 0.717) is 35.0 Å². The first-order valence-corrected chi connectivity index (χ1v) is 9.14. The molecule has 0 saturated carbocycles. The Morgan fingerprint density at radius 2 is 2.19 bits per heavy atom. The molecule has 27 heavy (non-hydrogen) atoms. The van der Waals surface area contributed by atoms with Crippen LogP contribution in [0.15, 0.2) is 29.6 Å². The summed E-state index contributed by atoms with van der Waals surface area (Å²) in [5.41, 5.74) is 1.18. The molecule has 0 bridgehead atoms. The molecule has 9 heteroatoms. The molecular weight excluding hydrogens is 368 g/mol. The molecule has 2 aromatic rings. The summed E-state index contributed by atoms with van der Waals surface area (Å²) in [6.07, 6.45) is 1.24. The second kappa shape index (κ2) is 8.42. The summed E-state index contributed by atoms with van der Waals surface area (Å²) in [6.45, 7) is 0.181. The van der Waals surface area contributed by atoms with Gasteiger partial charge in [-0.25, -0.2) is 4.98 Å². The minimum absolute atomic E-state index is 0.0350. The van der Waals surface area contributed by atoms with E-state index in [9.17, 15) is 14.4 Å². The van der Waals surface area contributed by atoms with Crippen LogP contribution in [0.3, 0.4) is 0 Å². The van der Waals surface area contributed by atoms with Gasteiger partial charge in [0.05, 0.1) is 23.4 Å². The standard InChI is InChI=1S/C18H16N4O4S/c19-9-12-4-1-2-5-14(12)21-15(23)10-26-17(25)8-13-11-27-18(20-13)22-7-3-6-16(22)24/h1-2,4-5,11H,3,6-8,10H2,(H,21,23). The SMILES string of the molecule is N#Cc1ccccc1NC(=O)COC(=O)Cc1csc(N2CCCC2=O)n1. The van der Waals surface area contributed by atoms with Crippen LogP contribution in [0, 0.1) is 11.3 Å². The zero-order valence-electron chi connectivity index (χ0n) is 14.3. The van der Waals surface area contributed by atoms with Crippen molar-refractivity contribution in [3.8, 4) is 6.07 Å². The fourth-order valence-corrected chi connectivity index (χ4v) is 3.44. The van der Waals surface area contributed by atoms with Crippen molar-refractivity contribution in [3.63, 3.8) is 0 Å². The van der Waals surface area contributed by atoms with Gasteiger partial charge in [0.15, 0.2) is 11.7 Å². The van der Waals surface area contributed by atoms with E-state index < -0.39 is 18.5 Å². The maximum Gasteiger partial charge on any atom is 0.312 e. The molecule has 2 heterocycles. The van der Waals surface area contributed by atoms with Gasteiger partial charge in [-0.3, -0.25) is 19.3 Å². The molecule has 1 aromatic heterocycles. The van der Waals surface area contributed by atoms with Gasteiger partial charge in [-0.05, 0) is 18.6 Å². The first-order chi connectivity index (χ1) is 13.1. The van der Waals surface area contributed by atoms with Crippen molar-refractivity contribution in [3.05, 3.63) is 40.9 Å². The molecule has 0 spiro atoms. The summed E-state index contributed by atoms with van der Waals surface area (Å²) in [5.74, 6) is -1.09. The predicted octanol–water partition coefficient (Wildman–Crippen LogP) is 1.87. The first-order valence-electron chi connectivity index (χ1n) is 8.26. The van der Waals surface area contributed by atoms with E-state index in [0.717, 1.165) is 6.42 Å². The van der Waals surface area contributed by atoms with E-state index in [1.807, 2.05) is 6.07 Å². The Hall–Kier alpha value is -3.25. The van der Waals surface area contributed by atoms with Gasteiger partial charge in [-0.1, -0.05) is 12.1 Å². The van der Waals surface area contributed by atoms with Crippen LogP contribution in [-0.2, 0) is 25.5 Å². The van der Waals surface area contributed by atoms with E-state index in [1.54, 1.807) is 34.5 Å². The van der Waals surface area contributed by atoms with Gasteiger partial charge in [0.2, 0.25) is 5.91 Å². The number of nitrogens with one attached hydrogen (secondary N) is 1. The number of benzene rings is 1. The molecular formula is C18H16N4O4S. The van der Waals surface area contributed by atoms with Gasteiger partial charge in [0.25, 0.3) is 5.91 Å². The number of anilines is 2. The van der Waals surface area contributed by atoms with Gasteiger partial charge < -0.3 is 10.1 Å². The molecule has 0 unspecified atom stereocenters. The lowest BCUT2D eigenvalue weighted by atomic mass is 10.2. The maximum absolute atomic E-state index is 11.9. The second-order valence-corrected chi connectivity index (χ2v) is 6.65. The fourth-order valence-electron chi connectivity index (χ4n) is 2.57. The summed E-state index contributed by atoms with van der Waals surface area (Å²) < 4.78 is 4.96. The van der Waals surface area contributed by atoms with Gasteiger partial charge in [0, 0.05) is 18.3 Å². The average Bonchev–Trinajstić information content (AvgIpc) is 3.29. The zero-order chi connectivity index (χ0) is 19.2. The van der Waals surface area contributed by atoms with E-state index in [4.69, 9.17) is 10.00 Å². The Bertz CT molecular complexity index is 918. The molecule has 0 radical (unpaired) electrons. The van der Waals surface area contributed by atoms with Crippen molar-refractivity contribution in [2.45, 2.75) is 19.3 Å². The summed E-state index contributed by atoms with van der Waals surface area (Å²) in [7, 11) is 0. The van der Waals surface area contributed by atoms with Crippen LogP contribution in [0.2, 0.25) is 0 Å². The number of carbonyl (C=O) groups is 3. The third-order valence-corrected chi connectivity index (χ3v) is 4.77. The van der Waals surface area contributed by atoms with E-state index in [1.165, 1.54) is 11.3 Å². The number of hydrogen-bond acceptors (Lipinski definition) is 7. The van der Waals surface area contributed by atoms with Crippen molar-refractivity contribution in [2.24, 2.45) is 0 Å². The van der Waals surface area contributed by atoms with Crippen molar-refractivity contribution < 1.29 is 19.1 Å². The molecule has 2 amide bonds. The average molecular weight is 384 g/mol. The molecule has 1 aliphatic rings. The molecule has 0 aliphatic carbocycles. The highest BCUT2D eigenvalue weighted by molar-refractivity contribution is 7.14. The number of nitrogens with zero attached hydrogens (tertiary/aromatic N) is 3. The molecule has 8 nitrogen and oxygen atoms in total. The van der Waals surface area contributed by atoms with E-state index in [-0.39, 0.29) is 12.3 Å². The van der Waals surface area contributed by atoms with Gasteiger partial charge >= 0.3 is 5.97 Å². The van der Waals surface area contributed by atoms with Crippen LogP contribution >= 0.6 is 11.3 Å². The smallest absolute Gasteiger partial charge is 0.312 e. The minimum Gasteiger partial charge on any atom is -0.455 e. The van der Waals surface area contributed by atoms with Crippen LogP contribution in [0.1, 0.15) is 24.1 Å². The van der Waals surface area contributed by atoms with Crippen molar-refractivity contribution in [2.75, 3.05) is 23.4 Å². The third kappa shape index (κ3) is 4.68. The minimum atomic E-state index is -0.594. The number of thiazole rings is 1. The lowest BCUT2D eigenvalue weighted by Crippen LogP contribution is -2.23. The number of hydrogen-bond donors (Lipinski definition) is 1. The fraction of sp³-hybridized carbons (Fsp3) is 0.278. The number of carbonyl (C=O) groups excluding carboxylic acids is 3. The summed E-state index contributed by atoms with van der Waals surface area (Å²) in [5, 5.41) is 13.8. The summed E-state index contributed by atoms with van der Waals surface area (Å²) >= 11 is 1.30. The molecule has 1 N–H and O–H groups in total. The van der Waals surface area contributed by atoms with Gasteiger partial charge in [-0.2, -0.15) is 5.26 Å². The molecule has 0 atom stereocenters. The lowest BCUT2D eigenvalue weighted by molar-refractivity contribution is -0.146. The Morgan fingerprint density at radius 1 is 1.37 bits per heavy atom. The quantitative estimate of drug-likeness (QED) is 0.761.